The van der Waals surface area contributed by atoms with Crippen molar-refractivity contribution in [3.63, 3.8) is 0 Å². The Kier molecular flexibility index (Phi) is 6.56. The molecule has 1 aliphatic rings. The molecule has 1 amide bonds. The van der Waals surface area contributed by atoms with Gasteiger partial charge in [0, 0.05) is 25.7 Å². The number of aliphatic hydroxyl groups excluding tert-OH is 2. The molecule has 1 saturated heterocycles. The summed E-state index contributed by atoms with van der Waals surface area (Å²) in [6.45, 7) is -0.358. The number of carbonyl (C=O) groups is 1. The van der Waals surface area contributed by atoms with Gasteiger partial charge in [0.25, 0.3) is 0 Å². The van der Waals surface area contributed by atoms with Gasteiger partial charge in [-0.1, -0.05) is 0 Å². The molecule has 12 heteroatoms. The topological polar surface area (TPSA) is 126 Å². The maximum Gasteiger partial charge on any atom is 0.471 e. The molecular weight excluding hydrogens is 361 g/mol. The Morgan fingerprint density at radius 1 is 1.42 bits per heavy atom. The van der Waals surface area contributed by atoms with E-state index in [9.17, 15) is 27.9 Å². The molecule has 1 aliphatic heterocycles. The third kappa shape index (κ3) is 5.16. The molecule has 2 rings (SSSR count). The molecule has 146 valence electrons. The van der Waals surface area contributed by atoms with Crippen LogP contribution in [-0.4, -0.2) is 63.8 Å². The smallest absolute Gasteiger partial charge is 0.394 e. The monoisotopic (exact) mass is 380 g/mol. The Labute approximate surface area is 145 Å². The van der Waals surface area contributed by atoms with Crippen LogP contribution in [0.3, 0.4) is 0 Å². The standard InChI is InChI=1S/C14H19F3N4O5/c15-14(16,17)12(24)19-4-1-3-18-10-2-5-21(13(25)20-10)11-6-8(23)9(7-22)26-11/h2,5,8-9,11,22-23H,1,3-4,6-7H2,(H,19,24)(H,18,20,25)/t8?,9-,11-/m1/s1. The fourth-order valence-corrected chi connectivity index (χ4v) is 2.39. The van der Waals surface area contributed by atoms with Crippen LogP contribution in [0.4, 0.5) is 19.0 Å². The summed E-state index contributed by atoms with van der Waals surface area (Å²) in [6.07, 6.45) is -5.57. The molecule has 4 N–H and O–H groups in total. The number of aromatic nitrogens is 2. The summed E-state index contributed by atoms with van der Waals surface area (Å²) in [4.78, 5) is 26.4. The van der Waals surface area contributed by atoms with Gasteiger partial charge in [0.2, 0.25) is 0 Å². The van der Waals surface area contributed by atoms with Gasteiger partial charge in [0.15, 0.2) is 0 Å². The van der Waals surface area contributed by atoms with E-state index in [0.29, 0.717) is 0 Å². The van der Waals surface area contributed by atoms with E-state index in [-0.39, 0.29) is 38.4 Å². The average molecular weight is 380 g/mol. The van der Waals surface area contributed by atoms with E-state index in [1.165, 1.54) is 16.8 Å². The zero-order chi connectivity index (χ0) is 19.3. The van der Waals surface area contributed by atoms with Crippen molar-refractivity contribution in [2.75, 3.05) is 25.0 Å². The molecule has 0 aromatic carbocycles. The van der Waals surface area contributed by atoms with Crippen LogP contribution in [-0.2, 0) is 9.53 Å². The summed E-state index contributed by atoms with van der Waals surface area (Å²) in [5.41, 5.74) is -0.642. The molecule has 1 aromatic rings. The van der Waals surface area contributed by atoms with Gasteiger partial charge in [0.05, 0.1) is 12.7 Å². The number of nitrogens with one attached hydrogen (secondary N) is 2. The van der Waals surface area contributed by atoms with Gasteiger partial charge in [-0.15, -0.1) is 0 Å². The van der Waals surface area contributed by atoms with E-state index in [0.717, 1.165) is 0 Å². The van der Waals surface area contributed by atoms with E-state index >= 15 is 0 Å². The van der Waals surface area contributed by atoms with Gasteiger partial charge >= 0.3 is 17.8 Å². The van der Waals surface area contributed by atoms with Gasteiger partial charge in [-0.25, -0.2) is 4.79 Å². The zero-order valence-corrected chi connectivity index (χ0v) is 13.6. The highest BCUT2D eigenvalue weighted by atomic mass is 19.4. The van der Waals surface area contributed by atoms with Crippen LogP contribution >= 0.6 is 0 Å². The Bertz CT molecular complexity index is 681. The molecule has 1 aromatic heterocycles. The first-order valence-corrected chi connectivity index (χ1v) is 7.85. The molecule has 3 atom stereocenters. The first-order chi connectivity index (χ1) is 12.2. The van der Waals surface area contributed by atoms with Crippen molar-refractivity contribution < 1.29 is 32.9 Å². The number of nitrogens with zero attached hydrogens (tertiary/aromatic N) is 2. The third-order valence-corrected chi connectivity index (χ3v) is 3.73. The number of rotatable bonds is 7. The van der Waals surface area contributed by atoms with Crippen LogP contribution in [0.15, 0.2) is 17.1 Å². The van der Waals surface area contributed by atoms with E-state index < -0.39 is 36.2 Å². The van der Waals surface area contributed by atoms with E-state index in [2.05, 4.69) is 10.3 Å². The predicted molar refractivity (Wildman–Crippen MR) is 82.3 cm³/mol. The lowest BCUT2D eigenvalue weighted by atomic mass is 10.2. The van der Waals surface area contributed by atoms with Crippen molar-refractivity contribution in [1.82, 2.24) is 14.9 Å². The fraction of sp³-hybridized carbons (Fsp3) is 0.643. The molecule has 9 nitrogen and oxygen atoms in total. The predicted octanol–water partition coefficient (Wildman–Crippen LogP) is -0.636. The first-order valence-electron chi connectivity index (χ1n) is 7.85. The van der Waals surface area contributed by atoms with Gasteiger partial charge in [-0.05, 0) is 12.5 Å². The normalized spacial score (nSPS) is 23.0. The number of hydrogen-bond acceptors (Lipinski definition) is 7. The zero-order valence-electron chi connectivity index (χ0n) is 13.6. The van der Waals surface area contributed by atoms with Crippen molar-refractivity contribution in [1.29, 1.82) is 0 Å². The molecule has 0 bridgehead atoms. The number of hydrogen-bond donors (Lipinski definition) is 4. The van der Waals surface area contributed by atoms with Crippen LogP contribution in [0.2, 0.25) is 0 Å². The molecular formula is C14H19F3N4O5. The fourth-order valence-electron chi connectivity index (χ4n) is 2.39. The number of anilines is 1. The second-order valence-electron chi connectivity index (χ2n) is 5.65. The molecule has 1 fully saturated rings. The number of amides is 1. The summed E-state index contributed by atoms with van der Waals surface area (Å²) in [5.74, 6) is -1.79. The SMILES string of the molecule is O=C(NCCCNc1ccn([C@H]2CC(O)[C@@H](CO)O2)c(=O)n1)C(F)(F)F. The minimum Gasteiger partial charge on any atom is -0.394 e. The van der Waals surface area contributed by atoms with Gasteiger partial charge < -0.3 is 25.6 Å². The third-order valence-electron chi connectivity index (χ3n) is 3.73. The van der Waals surface area contributed by atoms with E-state index in [1.54, 1.807) is 5.32 Å². The summed E-state index contributed by atoms with van der Waals surface area (Å²) in [5, 5.41) is 23.2. The van der Waals surface area contributed by atoms with Crippen molar-refractivity contribution in [2.24, 2.45) is 0 Å². The van der Waals surface area contributed by atoms with Crippen LogP contribution in [0.25, 0.3) is 0 Å². The van der Waals surface area contributed by atoms with Gasteiger partial charge in [0.1, 0.15) is 18.1 Å². The highest BCUT2D eigenvalue weighted by Gasteiger charge is 2.38. The lowest BCUT2D eigenvalue weighted by Gasteiger charge is -2.15. The van der Waals surface area contributed by atoms with E-state index in [4.69, 9.17) is 9.84 Å². The highest BCUT2D eigenvalue weighted by Crippen LogP contribution is 2.27. The number of halogens is 3. The Balaban J connectivity index is 1.81. The maximum atomic E-state index is 12.0. The summed E-state index contributed by atoms with van der Waals surface area (Å²) in [7, 11) is 0. The lowest BCUT2D eigenvalue weighted by Crippen LogP contribution is -2.37. The van der Waals surface area contributed by atoms with E-state index in [1.807, 2.05) is 0 Å². The van der Waals surface area contributed by atoms with Gasteiger partial charge in [-0.2, -0.15) is 18.2 Å². The summed E-state index contributed by atoms with van der Waals surface area (Å²) < 4.78 is 42.5. The largest absolute Gasteiger partial charge is 0.471 e. The molecule has 0 spiro atoms. The minimum absolute atomic E-state index is 0.137. The average Bonchev–Trinajstić information content (AvgIpc) is 2.94. The second kappa shape index (κ2) is 8.47. The molecule has 26 heavy (non-hydrogen) atoms. The van der Waals surface area contributed by atoms with Crippen LogP contribution < -0.4 is 16.3 Å². The van der Waals surface area contributed by atoms with Crippen molar-refractivity contribution in [3.05, 3.63) is 22.7 Å². The van der Waals surface area contributed by atoms with Crippen LogP contribution in [0, 0.1) is 0 Å². The Morgan fingerprint density at radius 2 is 2.15 bits per heavy atom. The number of aliphatic hydroxyl groups is 2. The Morgan fingerprint density at radius 3 is 2.73 bits per heavy atom. The van der Waals surface area contributed by atoms with Crippen LogP contribution in [0.1, 0.15) is 19.1 Å². The molecule has 0 aliphatic carbocycles. The number of carbonyl (C=O) groups excluding carboxylic acids is 1. The minimum atomic E-state index is -4.91. The first kappa shape index (κ1) is 20.1. The Hall–Kier alpha value is -2.18. The lowest BCUT2D eigenvalue weighted by molar-refractivity contribution is -0.173. The quantitative estimate of drug-likeness (QED) is 0.464. The molecule has 2 heterocycles. The van der Waals surface area contributed by atoms with Crippen molar-refractivity contribution >= 4 is 11.7 Å². The molecule has 1 unspecified atom stereocenters. The summed E-state index contributed by atoms with van der Waals surface area (Å²) in [6, 6.07) is 1.47. The molecule has 0 radical (unpaired) electrons. The number of alkyl halides is 3. The maximum absolute atomic E-state index is 12.0. The van der Waals surface area contributed by atoms with Gasteiger partial charge in [-0.3, -0.25) is 9.36 Å². The van der Waals surface area contributed by atoms with Crippen molar-refractivity contribution in [3.8, 4) is 0 Å². The van der Waals surface area contributed by atoms with Crippen LogP contribution in [0.5, 0.6) is 0 Å². The molecule has 0 saturated carbocycles. The second-order valence-corrected chi connectivity index (χ2v) is 5.65. The van der Waals surface area contributed by atoms with Crippen molar-refractivity contribution in [2.45, 2.75) is 37.5 Å². The summed E-state index contributed by atoms with van der Waals surface area (Å²) >= 11 is 0. The number of ether oxygens (including phenoxy) is 1. The highest BCUT2D eigenvalue weighted by molar-refractivity contribution is 5.81.